The summed E-state index contributed by atoms with van der Waals surface area (Å²) in [7, 11) is 0. The van der Waals surface area contributed by atoms with Gasteiger partial charge in [0.15, 0.2) is 0 Å². The van der Waals surface area contributed by atoms with Crippen molar-refractivity contribution in [3.8, 4) is 0 Å². The third-order valence-corrected chi connectivity index (χ3v) is 2.67. The maximum Gasteiger partial charge on any atom is -0.0179 e. The first-order valence-electron chi connectivity index (χ1n) is 3.73. The van der Waals surface area contributed by atoms with Crippen LogP contribution >= 0.6 is 0 Å². The second-order valence-electron chi connectivity index (χ2n) is 3.31. The van der Waals surface area contributed by atoms with E-state index < -0.39 is 0 Å². The predicted octanol–water partition coefficient (Wildman–Crippen LogP) is 2.40. The van der Waals surface area contributed by atoms with Crippen LogP contribution in [-0.4, -0.2) is 0 Å². The van der Waals surface area contributed by atoms with Crippen LogP contribution < -0.4 is 0 Å². The van der Waals surface area contributed by atoms with Crippen LogP contribution in [0.3, 0.4) is 0 Å². The lowest BCUT2D eigenvalue weighted by molar-refractivity contribution is 0.468. The molecule has 0 bridgehead atoms. The van der Waals surface area contributed by atoms with E-state index in [1.54, 1.807) is 0 Å². The van der Waals surface area contributed by atoms with E-state index in [1.807, 2.05) is 5.92 Å². The van der Waals surface area contributed by atoms with Gasteiger partial charge in [-0.15, -0.1) is 0 Å². The molecular weight excluding hydrogens is 96.1 g/mol. The van der Waals surface area contributed by atoms with Crippen LogP contribution in [0, 0.1) is 17.8 Å². The van der Waals surface area contributed by atoms with Gasteiger partial charge in [0.1, 0.15) is 0 Å². The summed E-state index contributed by atoms with van der Waals surface area (Å²) in [6.07, 6.45) is 5.97. The molecule has 0 aromatic heterocycles. The Hall–Kier alpha value is 0. The van der Waals surface area contributed by atoms with Gasteiger partial charge in [-0.3, -0.25) is 0 Å². The molecule has 0 aromatic rings. The van der Waals surface area contributed by atoms with Crippen molar-refractivity contribution in [2.45, 2.75) is 32.6 Å². The molecule has 2 unspecified atom stereocenters. The van der Waals surface area contributed by atoms with E-state index in [9.17, 15) is 0 Å². The highest BCUT2D eigenvalue weighted by Gasteiger charge is 2.43. The van der Waals surface area contributed by atoms with Crippen molar-refractivity contribution in [2.24, 2.45) is 11.8 Å². The SMILES string of the molecule is CC1CCCC2C[C]12. The van der Waals surface area contributed by atoms with E-state index in [-0.39, 0.29) is 0 Å². The Labute approximate surface area is 51.3 Å². The lowest BCUT2D eigenvalue weighted by Gasteiger charge is -2.14. The Morgan fingerprint density at radius 2 is 2.25 bits per heavy atom. The summed E-state index contributed by atoms with van der Waals surface area (Å²) in [5.74, 6) is 3.98. The van der Waals surface area contributed by atoms with Crippen LogP contribution in [-0.2, 0) is 0 Å². The van der Waals surface area contributed by atoms with Gasteiger partial charge in [-0.05, 0) is 30.6 Å². The highest BCUT2D eigenvalue weighted by atomic mass is 14.5. The minimum atomic E-state index is 0.994. The van der Waals surface area contributed by atoms with Gasteiger partial charge in [0.2, 0.25) is 0 Å². The van der Waals surface area contributed by atoms with Crippen LogP contribution in [0.5, 0.6) is 0 Å². The van der Waals surface area contributed by atoms with Crippen molar-refractivity contribution < 1.29 is 0 Å². The first-order valence-corrected chi connectivity index (χ1v) is 3.73. The lowest BCUT2D eigenvalue weighted by Crippen LogP contribution is -2.02. The van der Waals surface area contributed by atoms with Crippen molar-refractivity contribution in [1.82, 2.24) is 0 Å². The quantitative estimate of drug-likeness (QED) is 0.448. The van der Waals surface area contributed by atoms with E-state index in [1.165, 1.54) is 25.7 Å². The fraction of sp³-hybridized carbons (Fsp3) is 0.875. The zero-order valence-electron chi connectivity index (χ0n) is 5.48. The maximum atomic E-state index is 2.38. The molecule has 2 fully saturated rings. The summed E-state index contributed by atoms with van der Waals surface area (Å²) in [5.41, 5.74) is 0. The fourth-order valence-corrected chi connectivity index (χ4v) is 1.97. The summed E-state index contributed by atoms with van der Waals surface area (Å²) < 4.78 is 0. The molecule has 2 aliphatic carbocycles. The van der Waals surface area contributed by atoms with Crippen LogP contribution in [0.4, 0.5) is 0 Å². The Balaban J connectivity index is 1.99. The molecule has 2 atom stereocenters. The Morgan fingerprint density at radius 1 is 1.38 bits per heavy atom. The van der Waals surface area contributed by atoms with Crippen molar-refractivity contribution >= 4 is 0 Å². The van der Waals surface area contributed by atoms with Crippen LogP contribution in [0.1, 0.15) is 32.6 Å². The van der Waals surface area contributed by atoms with Crippen molar-refractivity contribution in [3.63, 3.8) is 0 Å². The molecule has 0 heterocycles. The smallest absolute Gasteiger partial charge is 0.0179 e. The van der Waals surface area contributed by atoms with Crippen molar-refractivity contribution in [2.75, 3.05) is 0 Å². The average Bonchev–Trinajstić information content (AvgIpc) is 2.45. The second-order valence-corrected chi connectivity index (χ2v) is 3.31. The third kappa shape index (κ3) is 0.586. The highest BCUT2D eigenvalue weighted by molar-refractivity contribution is 5.18. The van der Waals surface area contributed by atoms with E-state index >= 15 is 0 Å². The summed E-state index contributed by atoms with van der Waals surface area (Å²) >= 11 is 0. The molecule has 8 heavy (non-hydrogen) atoms. The highest BCUT2D eigenvalue weighted by Crippen LogP contribution is 2.54. The molecule has 2 saturated carbocycles. The maximum absolute atomic E-state index is 2.38. The number of hydrogen-bond donors (Lipinski definition) is 0. The molecule has 1 radical (unpaired) electrons. The first-order chi connectivity index (χ1) is 3.88. The Morgan fingerprint density at radius 3 is 2.88 bits per heavy atom. The van der Waals surface area contributed by atoms with E-state index in [0.29, 0.717) is 0 Å². The van der Waals surface area contributed by atoms with Crippen LogP contribution in [0.15, 0.2) is 0 Å². The molecule has 0 amide bonds. The van der Waals surface area contributed by atoms with Crippen molar-refractivity contribution in [1.29, 1.82) is 0 Å². The van der Waals surface area contributed by atoms with Gasteiger partial charge in [-0.2, -0.15) is 0 Å². The first kappa shape index (κ1) is 4.84. The van der Waals surface area contributed by atoms with Gasteiger partial charge < -0.3 is 0 Å². The lowest BCUT2D eigenvalue weighted by atomic mass is 9.91. The van der Waals surface area contributed by atoms with Gasteiger partial charge in [-0.25, -0.2) is 0 Å². The van der Waals surface area contributed by atoms with Gasteiger partial charge in [-0.1, -0.05) is 19.8 Å². The molecule has 0 aromatic carbocycles. The van der Waals surface area contributed by atoms with Gasteiger partial charge in [0, 0.05) is 0 Å². The average molecular weight is 109 g/mol. The summed E-state index contributed by atoms with van der Waals surface area (Å²) in [6.45, 7) is 2.38. The van der Waals surface area contributed by atoms with Gasteiger partial charge in [0.25, 0.3) is 0 Å². The minimum Gasteiger partial charge on any atom is -0.0619 e. The Kier molecular flexibility index (Phi) is 0.902. The van der Waals surface area contributed by atoms with Gasteiger partial charge in [0.05, 0.1) is 0 Å². The predicted molar refractivity (Wildman–Crippen MR) is 34.4 cm³/mol. The molecule has 0 saturated heterocycles. The Bertz CT molecular complexity index is 96.2. The summed E-state index contributed by atoms with van der Waals surface area (Å²) in [4.78, 5) is 0. The number of rotatable bonds is 0. The van der Waals surface area contributed by atoms with E-state index in [2.05, 4.69) is 6.92 Å². The minimum absolute atomic E-state index is 0.994. The largest absolute Gasteiger partial charge is 0.0619 e. The normalized spacial score (nSPS) is 46.1. The molecule has 0 N–H and O–H groups in total. The topological polar surface area (TPSA) is 0 Å². The number of fused-ring (bicyclic) bond motifs is 1. The van der Waals surface area contributed by atoms with E-state index in [4.69, 9.17) is 0 Å². The number of hydrogen-bond acceptors (Lipinski definition) is 0. The molecule has 0 spiro atoms. The standard InChI is InChI=1S/C8H13/c1-6-3-2-4-7-5-8(6)7/h6-7H,2-5H2,1H3. The second kappa shape index (κ2) is 1.49. The molecule has 0 aliphatic heterocycles. The third-order valence-electron chi connectivity index (χ3n) is 2.67. The van der Waals surface area contributed by atoms with Crippen LogP contribution in [0.25, 0.3) is 0 Å². The van der Waals surface area contributed by atoms with Gasteiger partial charge >= 0.3 is 0 Å². The van der Waals surface area contributed by atoms with Crippen LogP contribution in [0.2, 0.25) is 0 Å². The van der Waals surface area contributed by atoms with E-state index in [0.717, 1.165) is 11.8 Å². The molecule has 2 aliphatic rings. The van der Waals surface area contributed by atoms with Crippen molar-refractivity contribution in [3.05, 3.63) is 5.92 Å². The molecule has 45 valence electrons. The monoisotopic (exact) mass is 109 g/mol. The molecule has 0 heteroatoms. The molecule has 2 rings (SSSR count). The summed E-state index contributed by atoms with van der Waals surface area (Å²) in [6, 6.07) is 0. The zero-order valence-corrected chi connectivity index (χ0v) is 5.48. The fourth-order valence-electron chi connectivity index (χ4n) is 1.97. The summed E-state index contributed by atoms with van der Waals surface area (Å²) in [5, 5.41) is 0. The molecular formula is C8H13. The zero-order chi connectivity index (χ0) is 5.56. The molecule has 0 nitrogen and oxygen atoms in total.